The summed E-state index contributed by atoms with van der Waals surface area (Å²) < 4.78 is 5.55. The Morgan fingerprint density at radius 3 is 2.63 bits per heavy atom. The molecule has 0 bridgehead atoms. The third-order valence-corrected chi connectivity index (χ3v) is 5.10. The van der Waals surface area contributed by atoms with Gasteiger partial charge in [0.25, 0.3) is 11.6 Å². The Labute approximate surface area is 172 Å². The molecule has 2 N–H and O–H groups in total. The Hall–Kier alpha value is -3.65. The Bertz CT molecular complexity index is 1090. The molecule has 2 heterocycles. The minimum Gasteiger partial charge on any atom is -0.459 e. The summed E-state index contributed by atoms with van der Waals surface area (Å²) in [6, 6.07) is 14.9. The quantitative estimate of drug-likeness (QED) is 0.468. The zero-order valence-corrected chi connectivity index (χ0v) is 16.2. The van der Waals surface area contributed by atoms with Crippen LogP contribution in [0.15, 0.2) is 59.0 Å². The predicted octanol–water partition coefficient (Wildman–Crippen LogP) is 4.20. The van der Waals surface area contributed by atoms with E-state index in [9.17, 15) is 20.0 Å². The summed E-state index contributed by atoms with van der Waals surface area (Å²) in [5.74, 6) is 0.614. The van der Waals surface area contributed by atoms with Crippen molar-refractivity contribution in [3.05, 3.63) is 76.0 Å². The number of rotatable bonds is 6. The first kappa shape index (κ1) is 19.7. The molecule has 1 aliphatic heterocycles. The van der Waals surface area contributed by atoms with Gasteiger partial charge in [-0.25, -0.2) is 0 Å². The summed E-state index contributed by atoms with van der Waals surface area (Å²) in [5, 5.41) is 23.2. The molecule has 1 fully saturated rings. The number of benzene rings is 2. The summed E-state index contributed by atoms with van der Waals surface area (Å²) in [4.78, 5) is 25.9. The van der Waals surface area contributed by atoms with Crippen molar-refractivity contribution < 1.29 is 19.2 Å². The molecule has 0 spiro atoms. The molecule has 1 amide bonds. The van der Waals surface area contributed by atoms with Crippen molar-refractivity contribution in [3.63, 3.8) is 0 Å². The van der Waals surface area contributed by atoms with E-state index in [-0.39, 0.29) is 17.9 Å². The lowest BCUT2D eigenvalue weighted by molar-refractivity contribution is -0.384. The van der Waals surface area contributed by atoms with Gasteiger partial charge < -0.3 is 19.7 Å². The van der Waals surface area contributed by atoms with Crippen molar-refractivity contribution >= 4 is 23.0 Å². The highest BCUT2D eigenvalue weighted by Gasteiger charge is 2.22. The number of amides is 1. The predicted molar refractivity (Wildman–Crippen MR) is 113 cm³/mol. The van der Waals surface area contributed by atoms with Crippen LogP contribution in [-0.4, -0.2) is 29.0 Å². The van der Waals surface area contributed by atoms with E-state index < -0.39 is 10.8 Å². The Balaban J connectivity index is 1.62. The summed E-state index contributed by atoms with van der Waals surface area (Å²) in [7, 11) is 0. The Morgan fingerprint density at radius 2 is 1.93 bits per heavy atom. The number of aliphatic hydroxyl groups is 1. The number of furan rings is 1. The zero-order valence-electron chi connectivity index (χ0n) is 16.2. The lowest BCUT2D eigenvalue weighted by atomic mass is 10.1. The highest BCUT2D eigenvalue weighted by atomic mass is 16.6. The van der Waals surface area contributed by atoms with Crippen molar-refractivity contribution in [1.82, 2.24) is 0 Å². The van der Waals surface area contributed by atoms with Gasteiger partial charge in [0.2, 0.25) is 0 Å². The lowest BCUT2D eigenvalue weighted by Crippen LogP contribution is -2.23. The first-order valence-corrected chi connectivity index (χ1v) is 9.70. The average Bonchev–Trinajstić information content (AvgIpc) is 3.45. The van der Waals surface area contributed by atoms with E-state index in [1.165, 1.54) is 12.1 Å². The second kappa shape index (κ2) is 8.38. The van der Waals surface area contributed by atoms with Gasteiger partial charge in [-0.3, -0.25) is 14.9 Å². The number of nitrogens with zero attached hydrogens (tertiary/aromatic N) is 2. The molecule has 0 atom stereocenters. The molecule has 2 aromatic carbocycles. The fourth-order valence-electron chi connectivity index (χ4n) is 3.62. The van der Waals surface area contributed by atoms with Crippen LogP contribution in [0.5, 0.6) is 0 Å². The van der Waals surface area contributed by atoms with Crippen molar-refractivity contribution in [2.45, 2.75) is 19.4 Å². The first-order valence-electron chi connectivity index (χ1n) is 9.70. The molecular formula is C22H21N3O5. The number of carbonyl (C=O) groups excluding carboxylic acids is 1. The standard InChI is InChI=1S/C22H21N3O5/c26-14-18-7-9-21(30-18)15-4-3-5-16(12-15)23-22(27)19-13-17(25(28)29)6-8-20(19)24-10-1-2-11-24/h3-9,12-13,26H,1-2,10-11,14H2,(H,23,27). The molecular weight excluding hydrogens is 386 g/mol. The van der Waals surface area contributed by atoms with Crippen LogP contribution in [0.4, 0.5) is 17.1 Å². The number of anilines is 2. The molecule has 8 heteroatoms. The number of carbonyl (C=O) groups is 1. The maximum absolute atomic E-state index is 13.0. The van der Waals surface area contributed by atoms with Crippen LogP contribution < -0.4 is 10.2 Å². The topological polar surface area (TPSA) is 109 Å². The molecule has 0 unspecified atom stereocenters. The highest BCUT2D eigenvalue weighted by molar-refractivity contribution is 6.08. The van der Waals surface area contributed by atoms with Gasteiger partial charge in [0, 0.05) is 36.5 Å². The van der Waals surface area contributed by atoms with Gasteiger partial charge in [0.05, 0.1) is 16.2 Å². The summed E-state index contributed by atoms with van der Waals surface area (Å²) in [5.41, 5.74) is 2.14. The van der Waals surface area contributed by atoms with Crippen LogP contribution in [0.2, 0.25) is 0 Å². The fourth-order valence-corrected chi connectivity index (χ4v) is 3.62. The molecule has 0 saturated carbocycles. The largest absolute Gasteiger partial charge is 0.459 e. The molecule has 8 nitrogen and oxygen atoms in total. The van der Waals surface area contributed by atoms with Crippen LogP contribution in [0.1, 0.15) is 29.0 Å². The van der Waals surface area contributed by atoms with Crippen molar-refractivity contribution in [3.8, 4) is 11.3 Å². The summed E-state index contributed by atoms with van der Waals surface area (Å²) in [6.07, 6.45) is 2.05. The molecule has 3 aromatic rings. The molecule has 154 valence electrons. The number of aliphatic hydroxyl groups excluding tert-OH is 1. The monoisotopic (exact) mass is 407 g/mol. The van der Waals surface area contributed by atoms with Crippen molar-refractivity contribution in [2.75, 3.05) is 23.3 Å². The van der Waals surface area contributed by atoms with Gasteiger partial charge in [0.15, 0.2) is 0 Å². The van der Waals surface area contributed by atoms with E-state index in [0.29, 0.717) is 22.9 Å². The van der Waals surface area contributed by atoms with Crippen LogP contribution >= 0.6 is 0 Å². The van der Waals surface area contributed by atoms with E-state index in [1.54, 1.807) is 36.4 Å². The zero-order chi connectivity index (χ0) is 21.1. The lowest BCUT2D eigenvalue weighted by Gasteiger charge is -2.21. The average molecular weight is 407 g/mol. The summed E-state index contributed by atoms with van der Waals surface area (Å²) in [6.45, 7) is 1.45. The third-order valence-electron chi connectivity index (χ3n) is 5.10. The van der Waals surface area contributed by atoms with Crippen LogP contribution in [0.25, 0.3) is 11.3 Å². The number of hydrogen-bond acceptors (Lipinski definition) is 6. The Morgan fingerprint density at radius 1 is 1.13 bits per heavy atom. The molecule has 0 radical (unpaired) electrons. The van der Waals surface area contributed by atoms with Gasteiger partial charge in [-0.05, 0) is 43.2 Å². The van der Waals surface area contributed by atoms with Gasteiger partial charge in [-0.1, -0.05) is 12.1 Å². The van der Waals surface area contributed by atoms with Crippen LogP contribution in [-0.2, 0) is 6.61 Å². The third kappa shape index (κ3) is 4.04. The minimum absolute atomic E-state index is 0.121. The second-order valence-electron chi connectivity index (χ2n) is 7.11. The van der Waals surface area contributed by atoms with E-state index in [4.69, 9.17) is 4.42 Å². The number of hydrogen-bond donors (Lipinski definition) is 2. The maximum atomic E-state index is 13.0. The molecule has 1 aromatic heterocycles. The maximum Gasteiger partial charge on any atom is 0.270 e. The van der Waals surface area contributed by atoms with Crippen molar-refractivity contribution in [1.29, 1.82) is 0 Å². The molecule has 1 aliphatic rings. The van der Waals surface area contributed by atoms with Crippen LogP contribution in [0, 0.1) is 10.1 Å². The van der Waals surface area contributed by atoms with Crippen LogP contribution in [0.3, 0.4) is 0 Å². The Kier molecular flexibility index (Phi) is 5.49. The smallest absolute Gasteiger partial charge is 0.270 e. The first-order chi connectivity index (χ1) is 14.5. The van der Waals surface area contributed by atoms with Gasteiger partial charge >= 0.3 is 0 Å². The van der Waals surface area contributed by atoms with E-state index in [0.717, 1.165) is 31.5 Å². The van der Waals surface area contributed by atoms with Gasteiger partial charge in [0.1, 0.15) is 18.1 Å². The minimum atomic E-state index is -0.499. The molecule has 30 heavy (non-hydrogen) atoms. The SMILES string of the molecule is O=C(Nc1cccc(-c2ccc(CO)o2)c1)c1cc([N+](=O)[O-])ccc1N1CCCC1. The van der Waals surface area contributed by atoms with Gasteiger partial charge in [-0.2, -0.15) is 0 Å². The van der Waals surface area contributed by atoms with E-state index in [1.807, 2.05) is 6.07 Å². The molecule has 1 saturated heterocycles. The van der Waals surface area contributed by atoms with Crippen molar-refractivity contribution in [2.24, 2.45) is 0 Å². The number of nitrogens with one attached hydrogen (secondary N) is 1. The number of non-ortho nitro benzene ring substituents is 1. The normalized spacial score (nSPS) is 13.4. The number of nitro groups is 1. The number of nitro benzene ring substituents is 1. The molecule has 4 rings (SSSR count). The van der Waals surface area contributed by atoms with E-state index in [2.05, 4.69) is 10.2 Å². The summed E-state index contributed by atoms with van der Waals surface area (Å²) >= 11 is 0. The molecule has 0 aliphatic carbocycles. The highest BCUT2D eigenvalue weighted by Crippen LogP contribution is 2.30. The second-order valence-corrected chi connectivity index (χ2v) is 7.11. The van der Waals surface area contributed by atoms with Gasteiger partial charge in [-0.15, -0.1) is 0 Å². The fraction of sp³-hybridized carbons (Fsp3) is 0.227. The van der Waals surface area contributed by atoms with E-state index >= 15 is 0 Å².